The molecule has 1 aromatic rings. The molecule has 0 amide bonds. The molecule has 66 valence electrons. The summed E-state index contributed by atoms with van der Waals surface area (Å²) < 4.78 is 0. The first-order chi connectivity index (χ1) is 5.77. The van der Waals surface area contributed by atoms with Crippen LogP contribution < -0.4 is 34.5 Å². The summed E-state index contributed by atoms with van der Waals surface area (Å²) >= 11 is 0. The number of nitrogens with zero attached hydrogens (tertiary/aromatic N) is 1. The Bertz CT molecular complexity index is 244. The smallest absolute Gasteiger partial charge is 0.394 e. The van der Waals surface area contributed by atoms with Gasteiger partial charge in [-0.05, 0) is 13.8 Å². The van der Waals surface area contributed by atoms with Gasteiger partial charge in [0.25, 0.3) is 0 Å². The molecule has 0 spiro atoms. The maximum absolute atomic E-state index is 3.15. The van der Waals surface area contributed by atoms with Gasteiger partial charge in [-0.1, -0.05) is 12.6 Å². The Kier molecular flexibility index (Phi) is 6.48. The number of rotatable bonds is 3. The van der Waals surface area contributed by atoms with E-state index in [-0.39, 0.29) is 29.6 Å². The Labute approximate surface area is 103 Å². The zero-order chi connectivity index (χ0) is 8.97. The van der Waals surface area contributed by atoms with Gasteiger partial charge >= 0.3 is 29.6 Å². The second-order valence-corrected chi connectivity index (χ2v) is 2.90. The molecule has 0 aliphatic carbocycles. The van der Waals surface area contributed by atoms with Crippen LogP contribution in [0.4, 0.5) is 5.69 Å². The summed E-state index contributed by atoms with van der Waals surface area (Å²) in [4.78, 5) is 2.33. The fourth-order valence-corrected chi connectivity index (χ4v) is 1.36. The van der Waals surface area contributed by atoms with Crippen LogP contribution in [0.25, 0.3) is 0 Å². The van der Waals surface area contributed by atoms with Gasteiger partial charge in [0.15, 0.2) is 0 Å². The van der Waals surface area contributed by atoms with Gasteiger partial charge in [0.1, 0.15) is 0 Å². The fraction of sp³-hybridized carbons (Fsp3) is 0.455. The molecule has 0 saturated heterocycles. The third-order valence-corrected chi connectivity index (χ3v) is 2.06. The Hall–Kier alpha value is 0.0200. The first-order valence-electron chi connectivity index (χ1n) is 4.51. The van der Waals surface area contributed by atoms with Crippen LogP contribution in [0.2, 0.25) is 0 Å². The van der Waals surface area contributed by atoms with Crippen LogP contribution in [-0.4, -0.2) is 13.1 Å². The Morgan fingerprint density at radius 2 is 1.92 bits per heavy atom. The van der Waals surface area contributed by atoms with Gasteiger partial charge in [-0.2, -0.15) is 17.7 Å². The molecule has 0 radical (unpaired) electrons. The summed E-state index contributed by atoms with van der Waals surface area (Å²) in [5.41, 5.74) is 2.51. The van der Waals surface area contributed by atoms with E-state index in [1.807, 2.05) is 6.07 Å². The van der Waals surface area contributed by atoms with Crippen molar-refractivity contribution < 1.29 is 29.6 Å². The Balaban J connectivity index is 0.00000144. The van der Waals surface area contributed by atoms with Crippen molar-refractivity contribution in [2.24, 2.45) is 0 Å². The van der Waals surface area contributed by atoms with Crippen molar-refractivity contribution >= 4 is 5.69 Å². The fourth-order valence-electron chi connectivity index (χ4n) is 1.36. The van der Waals surface area contributed by atoms with Crippen LogP contribution in [0.5, 0.6) is 0 Å². The van der Waals surface area contributed by atoms with Gasteiger partial charge in [0, 0.05) is 13.1 Å². The van der Waals surface area contributed by atoms with Crippen LogP contribution in [-0.2, 0) is 0 Å². The van der Waals surface area contributed by atoms with Crippen molar-refractivity contribution in [3.05, 3.63) is 29.8 Å². The quantitative estimate of drug-likeness (QED) is 0.459. The molecule has 0 heterocycles. The van der Waals surface area contributed by atoms with E-state index in [1.54, 1.807) is 0 Å². The van der Waals surface area contributed by atoms with E-state index in [2.05, 4.69) is 43.9 Å². The second kappa shape index (κ2) is 6.47. The van der Waals surface area contributed by atoms with Crippen LogP contribution >= 0.6 is 0 Å². The average Bonchev–Trinajstić information content (AvgIpc) is 2.07. The van der Waals surface area contributed by atoms with Crippen LogP contribution in [0, 0.1) is 13.0 Å². The monoisotopic (exact) mass is 185 g/mol. The SMILES string of the molecule is CCN(CC)c1cc[c-]c(C)c1.[Na+]. The van der Waals surface area contributed by atoms with E-state index in [0.717, 1.165) is 13.1 Å². The molecule has 0 unspecified atom stereocenters. The number of hydrogen-bond acceptors (Lipinski definition) is 1. The van der Waals surface area contributed by atoms with Crippen LogP contribution in [0.1, 0.15) is 19.4 Å². The van der Waals surface area contributed by atoms with E-state index in [9.17, 15) is 0 Å². The molecule has 1 rings (SSSR count). The normalized spacial score (nSPS) is 9.15. The standard InChI is InChI=1S/C11H16N.Na/c1-4-12(5-2)11-8-6-7-10(3)9-11;/h6,8-9H,4-5H2,1-3H3;/q-1;+1. The van der Waals surface area contributed by atoms with Gasteiger partial charge in [0.2, 0.25) is 0 Å². The van der Waals surface area contributed by atoms with Crippen molar-refractivity contribution in [3.8, 4) is 0 Å². The first-order valence-corrected chi connectivity index (χ1v) is 4.51. The molecule has 0 bridgehead atoms. The molecule has 2 heteroatoms. The summed E-state index contributed by atoms with van der Waals surface area (Å²) in [5, 5.41) is 0. The maximum atomic E-state index is 3.15. The molecule has 0 atom stereocenters. The number of hydrogen-bond donors (Lipinski definition) is 0. The van der Waals surface area contributed by atoms with Crippen molar-refractivity contribution in [2.45, 2.75) is 20.8 Å². The molecule has 13 heavy (non-hydrogen) atoms. The van der Waals surface area contributed by atoms with E-state index in [4.69, 9.17) is 0 Å². The van der Waals surface area contributed by atoms with Gasteiger partial charge in [-0.3, -0.25) is 0 Å². The summed E-state index contributed by atoms with van der Waals surface area (Å²) in [7, 11) is 0. The summed E-state index contributed by atoms with van der Waals surface area (Å²) in [5.74, 6) is 0. The van der Waals surface area contributed by atoms with Gasteiger partial charge in [0.05, 0.1) is 0 Å². The molecule has 0 aliphatic heterocycles. The number of benzene rings is 1. The van der Waals surface area contributed by atoms with Gasteiger partial charge in [-0.15, -0.1) is 12.1 Å². The van der Waals surface area contributed by atoms with E-state index < -0.39 is 0 Å². The Morgan fingerprint density at radius 3 is 2.38 bits per heavy atom. The molecule has 0 saturated carbocycles. The number of aryl methyl sites for hydroxylation is 1. The zero-order valence-electron chi connectivity index (χ0n) is 9.09. The average molecular weight is 185 g/mol. The van der Waals surface area contributed by atoms with E-state index >= 15 is 0 Å². The molecular weight excluding hydrogens is 169 g/mol. The first kappa shape index (κ1) is 13.0. The third kappa shape index (κ3) is 3.72. The van der Waals surface area contributed by atoms with Crippen molar-refractivity contribution in [2.75, 3.05) is 18.0 Å². The summed E-state index contributed by atoms with van der Waals surface area (Å²) in [6.07, 6.45) is 0. The summed E-state index contributed by atoms with van der Waals surface area (Å²) in [6.45, 7) is 8.57. The number of anilines is 1. The largest absolute Gasteiger partial charge is 1.00 e. The Morgan fingerprint density at radius 1 is 1.31 bits per heavy atom. The summed E-state index contributed by atoms with van der Waals surface area (Å²) in [6, 6.07) is 9.42. The minimum absolute atomic E-state index is 0. The van der Waals surface area contributed by atoms with Gasteiger partial charge < -0.3 is 4.90 Å². The molecule has 0 aliphatic rings. The van der Waals surface area contributed by atoms with Crippen molar-refractivity contribution in [1.82, 2.24) is 0 Å². The molecular formula is C11H16NNa. The maximum Gasteiger partial charge on any atom is 1.00 e. The van der Waals surface area contributed by atoms with E-state index in [0.29, 0.717) is 0 Å². The van der Waals surface area contributed by atoms with E-state index in [1.165, 1.54) is 11.3 Å². The second-order valence-electron chi connectivity index (χ2n) is 2.90. The molecule has 0 fully saturated rings. The molecule has 1 nitrogen and oxygen atoms in total. The topological polar surface area (TPSA) is 3.24 Å². The molecule has 0 N–H and O–H groups in total. The van der Waals surface area contributed by atoms with Crippen LogP contribution in [0.15, 0.2) is 18.2 Å². The minimum atomic E-state index is 0. The van der Waals surface area contributed by atoms with Crippen molar-refractivity contribution in [1.29, 1.82) is 0 Å². The molecule has 0 aromatic heterocycles. The predicted octanol–water partition coefficient (Wildman–Crippen LogP) is -0.355. The zero-order valence-corrected chi connectivity index (χ0v) is 11.1. The predicted molar refractivity (Wildman–Crippen MR) is 53.6 cm³/mol. The minimum Gasteiger partial charge on any atom is -0.394 e. The molecule has 1 aromatic carbocycles. The van der Waals surface area contributed by atoms with Crippen molar-refractivity contribution in [3.63, 3.8) is 0 Å². The van der Waals surface area contributed by atoms with Gasteiger partial charge in [-0.25, -0.2) is 0 Å². The van der Waals surface area contributed by atoms with Crippen LogP contribution in [0.3, 0.4) is 0 Å². The third-order valence-electron chi connectivity index (χ3n) is 2.06.